The molecule has 2 N–H and O–H groups in total. The molecule has 0 aliphatic carbocycles. The molecular weight excluding hydrogens is 328 g/mol. The molecule has 0 aromatic heterocycles. The zero-order chi connectivity index (χ0) is 12.9. The fourth-order valence-electron chi connectivity index (χ4n) is 1.20. The van der Waals surface area contributed by atoms with Gasteiger partial charge in [0.2, 0.25) is 10.0 Å². The molecule has 0 unspecified atom stereocenters. The van der Waals surface area contributed by atoms with Crippen molar-refractivity contribution in [3.05, 3.63) is 33.3 Å². The summed E-state index contributed by atoms with van der Waals surface area (Å²) in [6.07, 6.45) is 0. The summed E-state index contributed by atoms with van der Waals surface area (Å²) in [5.41, 5.74) is 1.04. The number of rotatable bonds is 6. The van der Waals surface area contributed by atoms with E-state index in [1.165, 1.54) is 7.05 Å². The lowest BCUT2D eigenvalue weighted by Gasteiger charge is -2.07. The molecular formula is C10H14BrClN2O2S. The fraction of sp³-hybridized carbons (Fsp3) is 0.400. The first-order valence-corrected chi connectivity index (χ1v) is 7.83. The van der Waals surface area contributed by atoms with Crippen molar-refractivity contribution in [2.45, 2.75) is 6.54 Å². The molecule has 0 aliphatic rings. The highest BCUT2D eigenvalue weighted by atomic mass is 79.9. The molecule has 0 spiro atoms. The van der Waals surface area contributed by atoms with Gasteiger partial charge in [-0.25, -0.2) is 13.1 Å². The minimum Gasteiger partial charge on any atom is -0.312 e. The van der Waals surface area contributed by atoms with Gasteiger partial charge < -0.3 is 5.32 Å². The van der Waals surface area contributed by atoms with Gasteiger partial charge in [0.15, 0.2) is 0 Å². The van der Waals surface area contributed by atoms with Crippen molar-refractivity contribution < 1.29 is 8.42 Å². The third-order valence-electron chi connectivity index (χ3n) is 2.19. The van der Waals surface area contributed by atoms with Crippen LogP contribution >= 0.6 is 27.5 Å². The highest BCUT2D eigenvalue weighted by molar-refractivity contribution is 9.10. The quantitative estimate of drug-likeness (QED) is 0.775. The summed E-state index contributed by atoms with van der Waals surface area (Å²) in [6, 6.07) is 5.50. The van der Waals surface area contributed by atoms with Gasteiger partial charge in [0.05, 0.1) is 5.75 Å². The maximum absolute atomic E-state index is 11.1. The van der Waals surface area contributed by atoms with E-state index in [0.29, 0.717) is 18.1 Å². The lowest BCUT2D eigenvalue weighted by molar-refractivity contribution is 0.583. The van der Waals surface area contributed by atoms with Crippen LogP contribution in [0.25, 0.3) is 0 Å². The van der Waals surface area contributed by atoms with Crippen molar-refractivity contribution in [1.29, 1.82) is 0 Å². The Hall–Kier alpha value is -0.140. The molecule has 17 heavy (non-hydrogen) atoms. The second-order valence-corrected chi connectivity index (χ2v) is 6.77. The van der Waals surface area contributed by atoms with Crippen LogP contribution in [0.2, 0.25) is 5.02 Å². The lowest BCUT2D eigenvalue weighted by Crippen LogP contribution is -2.29. The van der Waals surface area contributed by atoms with Crippen molar-refractivity contribution in [2.75, 3.05) is 19.3 Å². The summed E-state index contributed by atoms with van der Waals surface area (Å²) >= 11 is 9.22. The number of halogens is 2. The SMILES string of the molecule is CNS(=O)(=O)CCNCc1ccc(Cl)cc1Br. The third kappa shape index (κ3) is 5.35. The Bertz CT molecular complexity index is 479. The van der Waals surface area contributed by atoms with E-state index in [4.69, 9.17) is 11.6 Å². The number of hydrogen-bond donors (Lipinski definition) is 2. The number of sulfonamides is 1. The van der Waals surface area contributed by atoms with E-state index < -0.39 is 10.0 Å². The molecule has 4 nitrogen and oxygen atoms in total. The molecule has 0 radical (unpaired) electrons. The largest absolute Gasteiger partial charge is 0.312 e. The maximum Gasteiger partial charge on any atom is 0.212 e. The molecule has 0 aliphatic heterocycles. The minimum atomic E-state index is -3.14. The number of hydrogen-bond acceptors (Lipinski definition) is 3. The molecule has 0 saturated heterocycles. The van der Waals surface area contributed by atoms with E-state index in [-0.39, 0.29) is 5.75 Å². The first kappa shape index (κ1) is 14.9. The van der Waals surface area contributed by atoms with Gasteiger partial charge >= 0.3 is 0 Å². The summed E-state index contributed by atoms with van der Waals surface area (Å²) in [5.74, 6) is 0.0642. The molecule has 0 bridgehead atoms. The van der Waals surface area contributed by atoms with E-state index in [0.717, 1.165) is 10.0 Å². The van der Waals surface area contributed by atoms with Crippen LogP contribution in [-0.4, -0.2) is 27.8 Å². The standard InChI is InChI=1S/C10H14BrClN2O2S/c1-13-17(15,16)5-4-14-7-8-2-3-9(12)6-10(8)11/h2-3,6,13-14H,4-5,7H2,1H3. The average Bonchev–Trinajstić information content (AvgIpc) is 2.27. The summed E-state index contributed by atoms with van der Waals surface area (Å²) in [4.78, 5) is 0. The van der Waals surface area contributed by atoms with Crippen molar-refractivity contribution in [1.82, 2.24) is 10.0 Å². The van der Waals surface area contributed by atoms with Gasteiger partial charge in [-0.3, -0.25) is 0 Å². The van der Waals surface area contributed by atoms with Crippen LogP contribution in [-0.2, 0) is 16.6 Å². The van der Waals surface area contributed by atoms with Crippen molar-refractivity contribution >= 4 is 37.6 Å². The number of benzene rings is 1. The topological polar surface area (TPSA) is 58.2 Å². The van der Waals surface area contributed by atoms with Crippen molar-refractivity contribution in [2.24, 2.45) is 0 Å². The van der Waals surface area contributed by atoms with Gasteiger partial charge in [-0.05, 0) is 24.7 Å². The molecule has 1 aromatic rings. The molecule has 0 fully saturated rings. The third-order valence-corrected chi connectivity index (χ3v) is 4.53. The van der Waals surface area contributed by atoms with Crippen molar-refractivity contribution in [3.8, 4) is 0 Å². The fourth-order valence-corrected chi connectivity index (χ4v) is 2.64. The molecule has 0 amide bonds. The molecule has 96 valence electrons. The highest BCUT2D eigenvalue weighted by Gasteiger charge is 2.06. The van der Waals surface area contributed by atoms with Crippen LogP contribution in [0.4, 0.5) is 0 Å². The van der Waals surface area contributed by atoms with Gasteiger partial charge in [-0.1, -0.05) is 33.6 Å². The van der Waals surface area contributed by atoms with Gasteiger partial charge in [0, 0.05) is 22.6 Å². The molecule has 0 saturated carbocycles. The van der Waals surface area contributed by atoms with E-state index in [1.54, 1.807) is 6.07 Å². The first-order chi connectivity index (χ1) is 7.94. The van der Waals surface area contributed by atoms with E-state index in [1.807, 2.05) is 12.1 Å². The lowest BCUT2D eigenvalue weighted by atomic mass is 10.2. The molecule has 0 heterocycles. The van der Waals surface area contributed by atoms with Gasteiger partial charge in [-0.15, -0.1) is 0 Å². The van der Waals surface area contributed by atoms with Crippen LogP contribution < -0.4 is 10.0 Å². The second-order valence-electron chi connectivity index (χ2n) is 3.44. The molecule has 1 aromatic carbocycles. The number of nitrogens with one attached hydrogen (secondary N) is 2. The summed E-state index contributed by atoms with van der Waals surface area (Å²) in [5, 5.41) is 3.73. The Morgan fingerprint density at radius 2 is 2.12 bits per heavy atom. The van der Waals surface area contributed by atoms with Crippen molar-refractivity contribution in [3.63, 3.8) is 0 Å². The zero-order valence-corrected chi connectivity index (χ0v) is 12.5. The average molecular weight is 342 g/mol. The Labute approximate surface area is 115 Å². The Kier molecular flexibility index (Phi) is 5.88. The monoisotopic (exact) mass is 340 g/mol. The normalized spacial score (nSPS) is 11.7. The van der Waals surface area contributed by atoms with Gasteiger partial charge in [0.1, 0.15) is 0 Å². The predicted molar refractivity (Wildman–Crippen MR) is 73.7 cm³/mol. The van der Waals surface area contributed by atoms with E-state index in [2.05, 4.69) is 26.0 Å². The van der Waals surface area contributed by atoms with Crippen LogP contribution in [0, 0.1) is 0 Å². The summed E-state index contributed by atoms with van der Waals surface area (Å²) < 4.78 is 25.5. The van der Waals surface area contributed by atoms with E-state index >= 15 is 0 Å². The zero-order valence-electron chi connectivity index (χ0n) is 9.33. The second kappa shape index (κ2) is 6.70. The van der Waals surface area contributed by atoms with Crippen LogP contribution in [0.15, 0.2) is 22.7 Å². The molecule has 7 heteroatoms. The Balaban J connectivity index is 2.41. The first-order valence-electron chi connectivity index (χ1n) is 5.00. The summed E-state index contributed by atoms with van der Waals surface area (Å²) in [7, 11) is -1.73. The molecule has 0 atom stereocenters. The van der Waals surface area contributed by atoms with Crippen LogP contribution in [0.5, 0.6) is 0 Å². The minimum absolute atomic E-state index is 0.0642. The highest BCUT2D eigenvalue weighted by Crippen LogP contribution is 2.21. The smallest absolute Gasteiger partial charge is 0.212 e. The van der Waals surface area contributed by atoms with Crippen LogP contribution in [0.3, 0.4) is 0 Å². The Morgan fingerprint density at radius 1 is 1.41 bits per heavy atom. The predicted octanol–water partition coefficient (Wildman–Crippen LogP) is 1.74. The van der Waals surface area contributed by atoms with Gasteiger partial charge in [0.25, 0.3) is 0 Å². The van der Waals surface area contributed by atoms with Crippen LogP contribution in [0.1, 0.15) is 5.56 Å². The molecule has 1 rings (SSSR count). The maximum atomic E-state index is 11.1. The van der Waals surface area contributed by atoms with E-state index in [9.17, 15) is 8.42 Å². The summed E-state index contributed by atoms with van der Waals surface area (Å²) in [6.45, 7) is 0.995. The van der Waals surface area contributed by atoms with Gasteiger partial charge in [-0.2, -0.15) is 0 Å². The Morgan fingerprint density at radius 3 is 2.71 bits per heavy atom.